The summed E-state index contributed by atoms with van der Waals surface area (Å²) in [5, 5.41) is 57.0. The van der Waals surface area contributed by atoms with E-state index in [1.807, 2.05) is 0 Å². The number of hydrogen-bond acceptors (Lipinski definition) is 19. The van der Waals surface area contributed by atoms with Crippen molar-refractivity contribution in [1.29, 1.82) is 0 Å². The summed E-state index contributed by atoms with van der Waals surface area (Å²) in [4.78, 5) is 7.41. The number of nitrogens with one attached hydrogen (secondary N) is 1. The van der Waals surface area contributed by atoms with Gasteiger partial charge in [0.1, 0.15) is 37.5 Å². The van der Waals surface area contributed by atoms with Crippen molar-refractivity contribution in [3.05, 3.63) is 107 Å². The first-order valence-corrected chi connectivity index (χ1v) is 20.6. The summed E-state index contributed by atoms with van der Waals surface area (Å²) in [7, 11) is -15.5. The Morgan fingerprint density at radius 3 is 1.67 bits per heavy atom. The van der Waals surface area contributed by atoms with Gasteiger partial charge in [0.25, 0.3) is 36.0 Å². The van der Waals surface area contributed by atoms with Crippen LogP contribution < -0.4 is 16.8 Å². The van der Waals surface area contributed by atoms with E-state index in [4.69, 9.17) is 11.5 Å². The summed E-state index contributed by atoms with van der Waals surface area (Å²) in [5.74, 6) is -1.27. The average molecular weight is 879 g/mol. The number of aromatic hydroxyl groups is 2. The number of nitrogen functional groups attached to an aromatic ring is 2. The fourth-order valence-electron chi connectivity index (χ4n) is 5.35. The van der Waals surface area contributed by atoms with E-state index in [1.54, 1.807) is 0 Å². The Bertz CT molecular complexity index is 3160. The predicted molar refractivity (Wildman–Crippen MR) is 214 cm³/mol. The molecule has 0 radical (unpaired) electrons. The third-order valence-electron chi connectivity index (χ3n) is 8.12. The summed E-state index contributed by atoms with van der Waals surface area (Å²) in [6.07, 6.45) is 0. The van der Waals surface area contributed by atoms with Crippen LogP contribution in [0.1, 0.15) is 0 Å². The SMILES string of the molecule is Nc1ccc(/N=N/c2ccc(Nc3ccc(/N=N/c4c(S(=O)(=O)O)cc5cc(S(=O)(=O)O)c(/N=N/c6ccc([N+](=O)[O-])cc6)c(O)c5c4N)cc3S(=O)(=O)O)cc2)c(O)c1. The lowest BCUT2D eigenvalue weighted by atomic mass is 10.1. The molecule has 0 unspecified atom stereocenters. The molecule has 60 heavy (non-hydrogen) atoms. The van der Waals surface area contributed by atoms with Crippen LogP contribution in [-0.2, 0) is 30.4 Å². The number of non-ortho nitro benzene ring substituents is 1. The van der Waals surface area contributed by atoms with Crippen molar-refractivity contribution in [2.24, 2.45) is 30.7 Å². The number of rotatable bonds is 12. The van der Waals surface area contributed by atoms with Gasteiger partial charge in [0.15, 0.2) is 5.75 Å². The van der Waals surface area contributed by atoms with Crippen LogP contribution >= 0.6 is 0 Å². The van der Waals surface area contributed by atoms with E-state index in [9.17, 15) is 59.2 Å². The number of nitrogens with two attached hydrogens (primary N) is 2. The highest BCUT2D eigenvalue weighted by atomic mass is 32.2. The number of fused-ring (bicyclic) bond motifs is 1. The quantitative estimate of drug-likeness (QED) is 0.0189. The zero-order valence-corrected chi connectivity index (χ0v) is 32.2. The molecule has 0 fully saturated rings. The average Bonchev–Trinajstić information content (AvgIpc) is 3.16. The minimum absolute atomic E-state index is 0.0647. The molecule has 0 saturated carbocycles. The molecule has 6 rings (SSSR count). The molecule has 0 heterocycles. The smallest absolute Gasteiger partial charge is 0.296 e. The Labute approximate surface area is 337 Å². The topological polar surface area (TPSA) is 385 Å². The van der Waals surface area contributed by atoms with Crippen LogP contribution in [0, 0.1) is 10.1 Å². The monoisotopic (exact) mass is 878 g/mol. The van der Waals surface area contributed by atoms with Crippen LogP contribution in [0.25, 0.3) is 10.8 Å². The minimum Gasteiger partial charge on any atom is -0.506 e. The van der Waals surface area contributed by atoms with Crippen molar-refractivity contribution in [3.63, 3.8) is 0 Å². The van der Waals surface area contributed by atoms with E-state index in [1.165, 1.54) is 54.6 Å². The molecule has 26 heteroatoms. The number of nitrogens with zero attached hydrogens (tertiary/aromatic N) is 7. The van der Waals surface area contributed by atoms with Gasteiger partial charge in [0, 0.05) is 29.6 Å². The van der Waals surface area contributed by atoms with E-state index in [0.717, 1.165) is 30.3 Å². The standard InChI is InChI=1S/C34H26N10O13S3/c35-18-1-11-24(26(45)15-18)41-38-20-4-2-19(3-5-20)37-25-12-8-22(16-27(25)58(49,50)51)40-42-32-28(59(52,53)54)13-17-14-29(60(55,56)57)33(34(46)30(17)31(32)36)43-39-21-6-9-23(10-7-21)44(47)48/h1-16,37,45-46H,35-36H2,(H,49,50,51)(H,52,53,54)(H,55,56,57)/b41-38+,42-40+,43-39+. The molecule has 0 amide bonds. The second kappa shape index (κ2) is 16.0. The second-order valence-corrected chi connectivity index (χ2v) is 16.4. The van der Waals surface area contributed by atoms with Gasteiger partial charge in [-0.1, -0.05) is 0 Å². The van der Waals surface area contributed by atoms with Gasteiger partial charge < -0.3 is 27.0 Å². The number of phenols is 2. The molecule has 0 aliphatic carbocycles. The molecule has 0 aliphatic heterocycles. The molecule has 23 nitrogen and oxygen atoms in total. The molecule has 0 aromatic heterocycles. The fourth-order valence-corrected chi connectivity index (χ4v) is 7.35. The first kappa shape index (κ1) is 42.1. The Kier molecular flexibility index (Phi) is 11.3. The van der Waals surface area contributed by atoms with Crippen LogP contribution in [0.2, 0.25) is 0 Å². The molecule has 0 spiro atoms. The molecule has 10 N–H and O–H groups in total. The highest BCUT2D eigenvalue weighted by molar-refractivity contribution is 7.86. The zero-order valence-electron chi connectivity index (χ0n) is 29.7. The number of nitro groups is 1. The van der Waals surface area contributed by atoms with Gasteiger partial charge in [-0.3, -0.25) is 23.8 Å². The summed E-state index contributed by atoms with van der Waals surface area (Å²) in [5.41, 5.74) is 9.65. The minimum atomic E-state index is -5.27. The maximum absolute atomic E-state index is 12.5. The van der Waals surface area contributed by atoms with Gasteiger partial charge in [-0.15, -0.1) is 15.3 Å². The highest BCUT2D eigenvalue weighted by Gasteiger charge is 2.28. The molecule has 0 aliphatic rings. The number of nitro benzene ring substituents is 1. The number of phenolic OH excluding ortho intramolecular Hbond substituents is 2. The molecular weight excluding hydrogens is 853 g/mol. The van der Waals surface area contributed by atoms with E-state index >= 15 is 0 Å². The summed E-state index contributed by atoms with van der Waals surface area (Å²) in [6.45, 7) is 0. The zero-order chi connectivity index (χ0) is 43.7. The van der Waals surface area contributed by atoms with Crippen molar-refractivity contribution in [1.82, 2.24) is 0 Å². The molecule has 0 atom stereocenters. The second-order valence-electron chi connectivity index (χ2n) is 12.2. The lowest BCUT2D eigenvalue weighted by molar-refractivity contribution is -0.384. The summed E-state index contributed by atoms with van der Waals surface area (Å²) < 4.78 is 105. The van der Waals surface area contributed by atoms with Crippen molar-refractivity contribution >= 4 is 104 Å². The normalized spacial score (nSPS) is 12.5. The fraction of sp³-hybridized carbons (Fsp3) is 0. The highest BCUT2D eigenvalue weighted by Crippen LogP contribution is 2.48. The van der Waals surface area contributed by atoms with Gasteiger partial charge >= 0.3 is 0 Å². The maximum atomic E-state index is 12.5. The van der Waals surface area contributed by atoms with Gasteiger partial charge in [0.2, 0.25) is 0 Å². The van der Waals surface area contributed by atoms with Crippen LogP contribution in [0.5, 0.6) is 11.5 Å². The number of azo groups is 3. The Morgan fingerprint density at radius 2 is 1.10 bits per heavy atom. The van der Waals surface area contributed by atoms with Crippen LogP contribution in [0.4, 0.5) is 62.6 Å². The number of anilines is 4. The third kappa shape index (κ3) is 9.28. The Hall–Kier alpha value is -7.49. The molecule has 308 valence electrons. The van der Waals surface area contributed by atoms with Crippen LogP contribution in [-0.4, -0.2) is 54.0 Å². The van der Waals surface area contributed by atoms with Crippen LogP contribution in [0.3, 0.4) is 0 Å². The van der Waals surface area contributed by atoms with E-state index in [0.29, 0.717) is 29.2 Å². The predicted octanol–water partition coefficient (Wildman–Crippen LogP) is 8.05. The largest absolute Gasteiger partial charge is 0.506 e. The number of benzene rings is 6. The first-order valence-electron chi connectivity index (χ1n) is 16.2. The van der Waals surface area contributed by atoms with Gasteiger partial charge in [0.05, 0.1) is 38.7 Å². The van der Waals surface area contributed by atoms with E-state index in [2.05, 4.69) is 36.0 Å². The Balaban J connectivity index is 1.37. The van der Waals surface area contributed by atoms with Crippen molar-refractivity contribution in [2.75, 3.05) is 16.8 Å². The van der Waals surface area contributed by atoms with Crippen molar-refractivity contribution < 1.29 is 54.0 Å². The summed E-state index contributed by atoms with van der Waals surface area (Å²) in [6, 6.07) is 19.2. The third-order valence-corrected chi connectivity index (χ3v) is 10.8. The molecule has 0 saturated heterocycles. The molecule has 6 aromatic carbocycles. The molecule has 6 aromatic rings. The Morgan fingerprint density at radius 1 is 0.583 bits per heavy atom. The van der Waals surface area contributed by atoms with Gasteiger partial charge in [-0.25, -0.2) is 0 Å². The van der Waals surface area contributed by atoms with E-state index < -0.39 is 83.5 Å². The summed E-state index contributed by atoms with van der Waals surface area (Å²) >= 11 is 0. The van der Waals surface area contributed by atoms with Crippen LogP contribution in [0.15, 0.2) is 142 Å². The lowest BCUT2D eigenvalue weighted by Crippen LogP contribution is -2.04. The van der Waals surface area contributed by atoms with Crippen molar-refractivity contribution in [3.8, 4) is 11.5 Å². The van der Waals surface area contributed by atoms with Gasteiger partial charge in [-0.05, 0) is 84.2 Å². The lowest BCUT2D eigenvalue weighted by Gasteiger charge is -2.14. The van der Waals surface area contributed by atoms with Crippen molar-refractivity contribution in [2.45, 2.75) is 14.7 Å². The maximum Gasteiger partial charge on any atom is 0.296 e. The molecular formula is C34H26N10O13S3. The van der Waals surface area contributed by atoms with Gasteiger partial charge in [-0.2, -0.15) is 40.6 Å². The number of hydrogen-bond donors (Lipinski definition) is 8. The molecule has 0 bridgehead atoms. The first-order chi connectivity index (χ1) is 28.1. The van der Waals surface area contributed by atoms with E-state index in [-0.39, 0.29) is 34.2 Å².